The summed E-state index contributed by atoms with van der Waals surface area (Å²) in [5.74, 6) is -0.0189. The van der Waals surface area contributed by atoms with Gasteiger partial charge in [0.15, 0.2) is 0 Å². The van der Waals surface area contributed by atoms with Gasteiger partial charge >= 0.3 is 0 Å². The summed E-state index contributed by atoms with van der Waals surface area (Å²) in [5, 5.41) is 6.31. The van der Waals surface area contributed by atoms with Crippen LogP contribution in [0.3, 0.4) is 0 Å². The highest BCUT2D eigenvalue weighted by Crippen LogP contribution is 2.17. The summed E-state index contributed by atoms with van der Waals surface area (Å²) >= 11 is 0. The first-order valence-electron chi connectivity index (χ1n) is 7.92. The SMILES string of the molecule is CC(C)Nc1ccccc1C(=O)NCCC1CCCCO1. The van der Waals surface area contributed by atoms with Gasteiger partial charge in [-0.15, -0.1) is 0 Å². The summed E-state index contributed by atoms with van der Waals surface area (Å²) in [6, 6.07) is 7.94. The second-order valence-corrected chi connectivity index (χ2v) is 5.88. The number of hydrogen-bond donors (Lipinski definition) is 2. The molecular weight excluding hydrogens is 264 g/mol. The van der Waals surface area contributed by atoms with Crippen molar-refractivity contribution < 1.29 is 9.53 Å². The van der Waals surface area contributed by atoms with Crippen LogP contribution in [0.2, 0.25) is 0 Å². The summed E-state index contributed by atoms with van der Waals surface area (Å²) in [5.41, 5.74) is 1.59. The lowest BCUT2D eigenvalue weighted by Gasteiger charge is -2.22. The highest BCUT2D eigenvalue weighted by atomic mass is 16.5. The van der Waals surface area contributed by atoms with Gasteiger partial charge in [0.05, 0.1) is 11.7 Å². The van der Waals surface area contributed by atoms with Gasteiger partial charge < -0.3 is 15.4 Å². The largest absolute Gasteiger partial charge is 0.382 e. The maximum absolute atomic E-state index is 12.3. The molecule has 1 aromatic carbocycles. The lowest BCUT2D eigenvalue weighted by Crippen LogP contribution is -2.30. The van der Waals surface area contributed by atoms with Crippen LogP contribution >= 0.6 is 0 Å². The molecule has 0 saturated carbocycles. The molecule has 0 aromatic heterocycles. The summed E-state index contributed by atoms with van der Waals surface area (Å²) in [6.45, 7) is 5.66. The van der Waals surface area contributed by atoms with Gasteiger partial charge in [0.2, 0.25) is 0 Å². The van der Waals surface area contributed by atoms with E-state index in [9.17, 15) is 4.79 Å². The van der Waals surface area contributed by atoms with Crippen LogP contribution in [0.4, 0.5) is 5.69 Å². The Morgan fingerprint density at radius 1 is 1.33 bits per heavy atom. The molecule has 1 amide bonds. The van der Waals surface area contributed by atoms with Gasteiger partial charge in [0.1, 0.15) is 0 Å². The predicted molar refractivity (Wildman–Crippen MR) is 85.7 cm³/mol. The third-order valence-electron chi connectivity index (χ3n) is 3.64. The zero-order valence-corrected chi connectivity index (χ0v) is 13.0. The van der Waals surface area contributed by atoms with E-state index in [1.165, 1.54) is 6.42 Å². The highest BCUT2D eigenvalue weighted by Gasteiger charge is 2.15. The van der Waals surface area contributed by atoms with E-state index in [4.69, 9.17) is 4.74 Å². The normalized spacial score (nSPS) is 18.5. The van der Waals surface area contributed by atoms with Crippen LogP contribution in [-0.2, 0) is 4.74 Å². The van der Waals surface area contributed by atoms with Gasteiger partial charge in [0, 0.05) is 24.9 Å². The first-order chi connectivity index (χ1) is 10.2. The smallest absolute Gasteiger partial charge is 0.253 e. The van der Waals surface area contributed by atoms with Crippen molar-refractivity contribution in [3.63, 3.8) is 0 Å². The quantitative estimate of drug-likeness (QED) is 0.846. The Balaban J connectivity index is 1.85. The minimum Gasteiger partial charge on any atom is -0.382 e. The standard InChI is InChI=1S/C17H26N2O2/c1-13(2)19-16-9-4-3-8-15(16)17(20)18-11-10-14-7-5-6-12-21-14/h3-4,8-9,13-14,19H,5-7,10-12H2,1-2H3,(H,18,20). The van der Waals surface area contributed by atoms with Gasteiger partial charge in [-0.25, -0.2) is 0 Å². The number of carbonyl (C=O) groups is 1. The molecule has 1 aromatic rings. The van der Waals surface area contributed by atoms with Crippen molar-refractivity contribution >= 4 is 11.6 Å². The van der Waals surface area contributed by atoms with E-state index in [-0.39, 0.29) is 5.91 Å². The van der Waals surface area contributed by atoms with Crippen molar-refractivity contribution in [2.45, 2.75) is 51.7 Å². The van der Waals surface area contributed by atoms with E-state index in [1.807, 2.05) is 24.3 Å². The van der Waals surface area contributed by atoms with Crippen LogP contribution in [0.25, 0.3) is 0 Å². The zero-order chi connectivity index (χ0) is 15.1. The second kappa shape index (κ2) is 8.03. The van der Waals surface area contributed by atoms with E-state index in [0.717, 1.165) is 31.6 Å². The Kier molecular flexibility index (Phi) is 6.05. The number of rotatable bonds is 6. The van der Waals surface area contributed by atoms with Gasteiger partial charge in [-0.05, 0) is 51.7 Å². The van der Waals surface area contributed by atoms with E-state index >= 15 is 0 Å². The molecule has 0 aliphatic carbocycles. The maximum atomic E-state index is 12.3. The van der Waals surface area contributed by atoms with Crippen molar-refractivity contribution in [1.29, 1.82) is 0 Å². The highest BCUT2D eigenvalue weighted by molar-refractivity contribution is 5.99. The topological polar surface area (TPSA) is 50.4 Å². The maximum Gasteiger partial charge on any atom is 0.253 e. The van der Waals surface area contributed by atoms with Gasteiger partial charge in [0.25, 0.3) is 5.91 Å². The molecule has 1 aliphatic heterocycles. The molecule has 0 bridgehead atoms. The summed E-state index contributed by atoms with van der Waals surface area (Å²) in [7, 11) is 0. The molecule has 1 fully saturated rings. The minimum absolute atomic E-state index is 0.0189. The van der Waals surface area contributed by atoms with E-state index in [1.54, 1.807) is 0 Å². The molecule has 116 valence electrons. The molecule has 4 nitrogen and oxygen atoms in total. The Labute approximate surface area is 127 Å². The molecule has 1 heterocycles. The molecule has 2 N–H and O–H groups in total. The Bertz CT molecular complexity index is 454. The first-order valence-corrected chi connectivity index (χ1v) is 7.92. The molecule has 0 radical (unpaired) electrons. The number of ether oxygens (including phenoxy) is 1. The fourth-order valence-electron chi connectivity index (χ4n) is 2.59. The number of hydrogen-bond acceptors (Lipinski definition) is 3. The third-order valence-corrected chi connectivity index (χ3v) is 3.64. The van der Waals surface area contributed by atoms with Crippen molar-refractivity contribution in [1.82, 2.24) is 5.32 Å². The number of carbonyl (C=O) groups excluding carboxylic acids is 1. The van der Waals surface area contributed by atoms with Crippen LogP contribution in [-0.4, -0.2) is 31.2 Å². The van der Waals surface area contributed by atoms with Crippen LogP contribution in [0.15, 0.2) is 24.3 Å². The minimum atomic E-state index is -0.0189. The van der Waals surface area contributed by atoms with E-state index < -0.39 is 0 Å². The molecule has 21 heavy (non-hydrogen) atoms. The molecular formula is C17H26N2O2. The fraction of sp³-hybridized carbons (Fsp3) is 0.588. The molecule has 0 spiro atoms. The van der Waals surface area contributed by atoms with Crippen molar-refractivity contribution in [2.24, 2.45) is 0 Å². The molecule has 1 saturated heterocycles. The van der Waals surface area contributed by atoms with Crippen LogP contribution in [0, 0.1) is 0 Å². The molecule has 2 rings (SSSR count). The second-order valence-electron chi connectivity index (χ2n) is 5.88. The number of amides is 1. The van der Waals surface area contributed by atoms with E-state index in [0.29, 0.717) is 24.3 Å². The average molecular weight is 290 g/mol. The number of nitrogens with one attached hydrogen (secondary N) is 2. The van der Waals surface area contributed by atoms with Crippen LogP contribution in [0.1, 0.15) is 49.9 Å². The number of anilines is 1. The average Bonchev–Trinajstić information content (AvgIpc) is 2.48. The Morgan fingerprint density at radius 2 is 2.14 bits per heavy atom. The Hall–Kier alpha value is -1.55. The molecule has 4 heteroatoms. The number of benzene rings is 1. The van der Waals surface area contributed by atoms with E-state index in [2.05, 4.69) is 24.5 Å². The zero-order valence-electron chi connectivity index (χ0n) is 13.0. The number of para-hydroxylation sites is 1. The lowest BCUT2D eigenvalue weighted by molar-refractivity contribution is 0.0117. The molecule has 1 atom stereocenters. The van der Waals surface area contributed by atoms with Crippen LogP contribution < -0.4 is 10.6 Å². The summed E-state index contributed by atoms with van der Waals surface area (Å²) < 4.78 is 5.68. The molecule has 1 unspecified atom stereocenters. The summed E-state index contributed by atoms with van der Waals surface area (Å²) in [6.07, 6.45) is 4.71. The lowest BCUT2D eigenvalue weighted by atomic mass is 10.1. The Morgan fingerprint density at radius 3 is 2.86 bits per heavy atom. The van der Waals surface area contributed by atoms with Crippen molar-refractivity contribution in [3.05, 3.63) is 29.8 Å². The summed E-state index contributed by atoms with van der Waals surface area (Å²) in [4.78, 5) is 12.3. The van der Waals surface area contributed by atoms with Gasteiger partial charge in [-0.2, -0.15) is 0 Å². The van der Waals surface area contributed by atoms with Crippen LogP contribution in [0.5, 0.6) is 0 Å². The third kappa shape index (κ3) is 5.05. The first kappa shape index (κ1) is 15.8. The van der Waals surface area contributed by atoms with Crippen molar-refractivity contribution in [3.8, 4) is 0 Å². The molecule has 1 aliphatic rings. The van der Waals surface area contributed by atoms with Crippen molar-refractivity contribution in [2.75, 3.05) is 18.5 Å². The monoisotopic (exact) mass is 290 g/mol. The van der Waals surface area contributed by atoms with Gasteiger partial charge in [-0.3, -0.25) is 4.79 Å². The predicted octanol–water partition coefficient (Wildman–Crippen LogP) is 3.20. The fourth-order valence-corrected chi connectivity index (χ4v) is 2.59. The van der Waals surface area contributed by atoms with Gasteiger partial charge in [-0.1, -0.05) is 12.1 Å².